The van der Waals surface area contributed by atoms with Crippen molar-refractivity contribution < 1.29 is 4.74 Å². The Hall–Kier alpha value is -0.770. The van der Waals surface area contributed by atoms with Crippen molar-refractivity contribution in [2.45, 2.75) is 18.9 Å². The first-order valence-electron chi connectivity index (χ1n) is 6.55. The molecule has 0 radical (unpaired) electrons. The standard InChI is InChI=1S/C14H21ClN2O/c1-17(13-6-8-16-9-7-13)10-11-18-14-4-2-12(15)3-5-14/h2-5,13,16H,6-11H2,1H3. The number of piperidine rings is 1. The molecule has 0 unspecified atom stereocenters. The Morgan fingerprint density at radius 3 is 2.61 bits per heavy atom. The van der Waals surface area contributed by atoms with Crippen molar-refractivity contribution in [2.24, 2.45) is 0 Å². The first kappa shape index (κ1) is 13.7. The molecule has 1 heterocycles. The molecule has 4 heteroatoms. The predicted octanol–water partition coefficient (Wildman–Crippen LogP) is 2.40. The molecular weight excluding hydrogens is 248 g/mol. The first-order chi connectivity index (χ1) is 8.75. The maximum atomic E-state index is 5.83. The van der Waals surface area contributed by atoms with E-state index in [9.17, 15) is 0 Å². The van der Waals surface area contributed by atoms with Gasteiger partial charge in [-0.05, 0) is 57.2 Å². The maximum Gasteiger partial charge on any atom is 0.119 e. The van der Waals surface area contributed by atoms with Gasteiger partial charge >= 0.3 is 0 Å². The SMILES string of the molecule is CN(CCOc1ccc(Cl)cc1)C1CCNCC1. The van der Waals surface area contributed by atoms with Gasteiger partial charge in [0.25, 0.3) is 0 Å². The number of nitrogens with zero attached hydrogens (tertiary/aromatic N) is 1. The second kappa shape index (κ2) is 6.98. The molecule has 1 fully saturated rings. The van der Waals surface area contributed by atoms with Crippen LogP contribution >= 0.6 is 11.6 Å². The van der Waals surface area contributed by atoms with Crippen LogP contribution in [0.5, 0.6) is 5.75 Å². The number of likely N-dealkylation sites (N-methyl/N-ethyl adjacent to an activating group) is 1. The molecule has 1 aliphatic heterocycles. The van der Waals surface area contributed by atoms with Crippen LogP contribution in [0.1, 0.15) is 12.8 Å². The number of rotatable bonds is 5. The fourth-order valence-corrected chi connectivity index (χ4v) is 2.39. The number of ether oxygens (including phenoxy) is 1. The number of nitrogens with one attached hydrogen (secondary N) is 1. The number of benzene rings is 1. The highest BCUT2D eigenvalue weighted by Gasteiger charge is 2.17. The van der Waals surface area contributed by atoms with Crippen molar-refractivity contribution >= 4 is 11.6 Å². The smallest absolute Gasteiger partial charge is 0.119 e. The summed E-state index contributed by atoms with van der Waals surface area (Å²) in [4.78, 5) is 2.40. The summed E-state index contributed by atoms with van der Waals surface area (Å²) in [6, 6.07) is 8.22. The molecule has 3 nitrogen and oxygen atoms in total. The molecule has 2 rings (SSSR count). The fourth-order valence-electron chi connectivity index (χ4n) is 2.27. The van der Waals surface area contributed by atoms with Gasteiger partial charge in [-0.15, -0.1) is 0 Å². The zero-order valence-electron chi connectivity index (χ0n) is 10.9. The summed E-state index contributed by atoms with van der Waals surface area (Å²) in [5.74, 6) is 0.887. The van der Waals surface area contributed by atoms with Gasteiger partial charge < -0.3 is 10.1 Å². The molecule has 0 saturated carbocycles. The second-order valence-electron chi connectivity index (χ2n) is 4.76. The lowest BCUT2D eigenvalue weighted by atomic mass is 10.1. The Kier molecular flexibility index (Phi) is 5.29. The fraction of sp³-hybridized carbons (Fsp3) is 0.571. The van der Waals surface area contributed by atoms with Gasteiger partial charge in [0.2, 0.25) is 0 Å². The van der Waals surface area contributed by atoms with E-state index in [-0.39, 0.29) is 0 Å². The van der Waals surface area contributed by atoms with E-state index in [1.54, 1.807) is 0 Å². The third-order valence-corrected chi connectivity index (χ3v) is 3.71. The van der Waals surface area contributed by atoms with Gasteiger partial charge in [-0.3, -0.25) is 4.90 Å². The number of hydrogen-bond acceptors (Lipinski definition) is 3. The highest BCUT2D eigenvalue weighted by atomic mass is 35.5. The zero-order chi connectivity index (χ0) is 12.8. The van der Waals surface area contributed by atoms with E-state index in [4.69, 9.17) is 16.3 Å². The lowest BCUT2D eigenvalue weighted by Crippen LogP contribution is -2.42. The van der Waals surface area contributed by atoms with Crippen LogP contribution in [-0.4, -0.2) is 44.2 Å². The minimum atomic E-state index is 0.695. The van der Waals surface area contributed by atoms with Crippen LogP contribution in [0.15, 0.2) is 24.3 Å². The van der Waals surface area contributed by atoms with Crippen LogP contribution in [0.25, 0.3) is 0 Å². The Bertz CT molecular complexity index is 349. The van der Waals surface area contributed by atoms with Gasteiger partial charge in [0.05, 0.1) is 0 Å². The molecule has 18 heavy (non-hydrogen) atoms. The maximum absolute atomic E-state index is 5.83. The van der Waals surface area contributed by atoms with Crippen molar-refractivity contribution in [3.05, 3.63) is 29.3 Å². The second-order valence-corrected chi connectivity index (χ2v) is 5.20. The highest BCUT2D eigenvalue weighted by Crippen LogP contribution is 2.15. The monoisotopic (exact) mass is 268 g/mol. The molecule has 0 aromatic heterocycles. The van der Waals surface area contributed by atoms with E-state index >= 15 is 0 Å². The zero-order valence-corrected chi connectivity index (χ0v) is 11.6. The lowest BCUT2D eigenvalue weighted by molar-refractivity contribution is 0.165. The molecule has 100 valence electrons. The van der Waals surface area contributed by atoms with Gasteiger partial charge in [0.1, 0.15) is 12.4 Å². The first-order valence-corrected chi connectivity index (χ1v) is 6.93. The quantitative estimate of drug-likeness (QED) is 0.888. The Labute approximate surface area is 114 Å². The molecule has 1 N–H and O–H groups in total. The summed E-state index contributed by atoms with van der Waals surface area (Å²) in [5, 5.41) is 4.13. The van der Waals surface area contributed by atoms with Crippen molar-refractivity contribution in [1.29, 1.82) is 0 Å². The molecular formula is C14H21ClN2O. The van der Waals surface area contributed by atoms with Gasteiger partial charge in [0, 0.05) is 17.6 Å². The van der Waals surface area contributed by atoms with Crippen LogP contribution in [0.3, 0.4) is 0 Å². The average Bonchev–Trinajstić information content (AvgIpc) is 2.42. The molecule has 1 aromatic carbocycles. The van der Waals surface area contributed by atoms with Crippen LogP contribution in [0, 0.1) is 0 Å². The molecule has 0 spiro atoms. The summed E-state index contributed by atoms with van der Waals surface area (Å²) >= 11 is 5.83. The van der Waals surface area contributed by atoms with Gasteiger partial charge in [-0.25, -0.2) is 0 Å². The molecule has 0 atom stereocenters. The van der Waals surface area contributed by atoms with Crippen molar-refractivity contribution in [3.63, 3.8) is 0 Å². The van der Waals surface area contributed by atoms with Crippen LogP contribution in [0.2, 0.25) is 5.02 Å². The largest absolute Gasteiger partial charge is 0.492 e. The minimum Gasteiger partial charge on any atom is -0.492 e. The van der Waals surface area contributed by atoms with Crippen molar-refractivity contribution in [3.8, 4) is 5.75 Å². The Balaban J connectivity index is 1.69. The van der Waals surface area contributed by atoms with Gasteiger partial charge in [0.15, 0.2) is 0 Å². The normalized spacial score (nSPS) is 17.1. The van der Waals surface area contributed by atoms with Crippen molar-refractivity contribution in [1.82, 2.24) is 10.2 Å². The minimum absolute atomic E-state index is 0.695. The molecule has 0 aliphatic carbocycles. The van der Waals surface area contributed by atoms with Crippen LogP contribution < -0.4 is 10.1 Å². The molecule has 0 bridgehead atoms. The Morgan fingerprint density at radius 1 is 1.28 bits per heavy atom. The van der Waals surface area contributed by atoms with E-state index in [1.807, 2.05) is 24.3 Å². The summed E-state index contributed by atoms with van der Waals surface area (Å²) in [6.45, 7) is 3.95. The van der Waals surface area contributed by atoms with E-state index in [0.29, 0.717) is 6.04 Å². The topological polar surface area (TPSA) is 24.5 Å². The number of halogens is 1. The molecule has 1 aromatic rings. The molecule has 1 saturated heterocycles. The van der Waals surface area contributed by atoms with E-state index in [2.05, 4.69) is 17.3 Å². The lowest BCUT2D eigenvalue weighted by Gasteiger charge is -2.31. The van der Waals surface area contributed by atoms with E-state index < -0.39 is 0 Å². The van der Waals surface area contributed by atoms with Crippen LogP contribution in [0.4, 0.5) is 0 Å². The summed E-state index contributed by atoms with van der Waals surface area (Å²) < 4.78 is 5.71. The summed E-state index contributed by atoms with van der Waals surface area (Å²) in [7, 11) is 2.18. The third kappa shape index (κ3) is 4.16. The predicted molar refractivity (Wildman–Crippen MR) is 75.5 cm³/mol. The van der Waals surface area contributed by atoms with Crippen molar-refractivity contribution in [2.75, 3.05) is 33.3 Å². The Morgan fingerprint density at radius 2 is 1.94 bits per heavy atom. The summed E-state index contributed by atoms with van der Waals surface area (Å²) in [6.07, 6.45) is 2.47. The van der Waals surface area contributed by atoms with Gasteiger partial charge in [-0.2, -0.15) is 0 Å². The van der Waals surface area contributed by atoms with Crippen LogP contribution in [-0.2, 0) is 0 Å². The molecule has 0 amide bonds. The van der Waals surface area contributed by atoms with E-state index in [1.165, 1.54) is 12.8 Å². The average molecular weight is 269 g/mol. The number of hydrogen-bond donors (Lipinski definition) is 1. The highest BCUT2D eigenvalue weighted by molar-refractivity contribution is 6.30. The van der Waals surface area contributed by atoms with Gasteiger partial charge in [-0.1, -0.05) is 11.6 Å². The van der Waals surface area contributed by atoms with E-state index in [0.717, 1.165) is 37.0 Å². The molecule has 1 aliphatic rings. The summed E-state index contributed by atoms with van der Waals surface area (Å²) in [5.41, 5.74) is 0. The third-order valence-electron chi connectivity index (χ3n) is 3.46.